The van der Waals surface area contributed by atoms with E-state index in [0.717, 1.165) is 55.2 Å². The molecule has 5 nitrogen and oxygen atoms in total. The minimum absolute atomic E-state index is 0.0291. The number of hydrogen-bond donors (Lipinski definition) is 0. The van der Waals surface area contributed by atoms with E-state index < -0.39 is 0 Å². The Kier molecular flexibility index (Phi) is 3.56. The third-order valence-corrected chi connectivity index (χ3v) is 4.66. The van der Waals surface area contributed by atoms with Crippen LogP contribution >= 0.6 is 0 Å². The molecule has 3 heterocycles. The highest BCUT2D eigenvalue weighted by atomic mass is 16.5. The molecular formula is C18H20N2O3. The van der Waals surface area contributed by atoms with Crippen molar-refractivity contribution in [1.82, 2.24) is 10.1 Å². The summed E-state index contributed by atoms with van der Waals surface area (Å²) in [5.74, 6) is 1.91. The number of hydrogen-bond acceptors (Lipinski definition) is 4. The SMILES string of the molecule is Cc1cc([C@H]2CCCN2C(=O)Cc2ccc3c(c2)CCO3)on1. The summed E-state index contributed by atoms with van der Waals surface area (Å²) in [5.41, 5.74) is 3.12. The van der Waals surface area contributed by atoms with E-state index in [1.165, 1.54) is 5.56 Å². The van der Waals surface area contributed by atoms with Crippen LogP contribution in [0.5, 0.6) is 5.75 Å². The molecule has 2 aromatic rings. The van der Waals surface area contributed by atoms with E-state index in [2.05, 4.69) is 11.2 Å². The molecule has 1 fully saturated rings. The van der Waals surface area contributed by atoms with Crippen molar-refractivity contribution in [2.75, 3.05) is 13.2 Å². The minimum atomic E-state index is 0.0291. The monoisotopic (exact) mass is 312 g/mol. The van der Waals surface area contributed by atoms with Crippen LogP contribution in [0.2, 0.25) is 0 Å². The molecular weight excluding hydrogens is 292 g/mol. The molecule has 2 aliphatic heterocycles. The minimum Gasteiger partial charge on any atom is -0.493 e. The fourth-order valence-electron chi connectivity index (χ4n) is 3.53. The van der Waals surface area contributed by atoms with Crippen molar-refractivity contribution in [2.45, 2.75) is 38.6 Å². The molecule has 2 aliphatic rings. The van der Waals surface area contributed by atoms with Gasteiger partial charge in [0.1, 0.15) is 5.75 Å². The molecule has 1 amide bonds. The third kappa shape index (κ3) is 2.71. The molecule has 0 N–H and O–H groups in total. The molecule has 0 radical (unpaired) electrons. The van der Waals surface area contributed by atoms with Crippen LogP contribution in [0.1, 0.15) is 41.5 Å². The zero-order valence-corrected chi connectivity index (χ0v) is 13.2. The van der Waals surface area contributed by atoms with Crippen molar-refractivity contribution in [3.63, 3.8) is 0 Å². The highest BCUT2D eigenvalue weighted by Gasteiger charge is 2.32. The second kappa shape index (κ2) is 5.72. The van der Waals surface area contributed by atoms with Crippen molar-refractivity contribution < 1.29 is 14.1 Å². The number of carbonyl (C=O) groups excluding carboxylic acids is 1. The number of aromatic nitrogens is 1. The molecule has 1 atom stereocenters. The lowest BCUT2D eigenvalue weighted by Crippen LogP contribution is -2.31. The van der Waals surface area contributed by atoms with E-state index >= 15 is 0 Å². The fraction of sp³-hybridized carbons (Fsp3) is 0.444. The maximum atomic E-state index is 12.7. The molecule has 1 aromatic carbocycles. The molecule has 0 saturated carbocycles. The van der Waals surface area contributed by atoms with Gasteiger partial charge in [-0.2, -0.15) is 0 Å². The first-order valence-electron chi connectivity index (χ1n) is 8.18. The number of aryl methyl sites for hydroxylation is 1. The molecule has 0 unspecified atom stereocenters. The van der Waals surface area contributed by atoms with Crippen LogP contribution in [0, 0.1) is 6.92 Å². The zero-order chi connectivity index (χ0) is 15.8. The van der Waals surface area contributed by atoms with Crippen LogP contribution in [-0.2, 0) is 17.6 Å². The summed E-state index contributed by atoms with van der Waals surface area (Å²) >= 11 is 0. The Hall–Kier alpha value is -2.30. The van der Waals surface area contributed by atoms with Crippen molar-refractivity contribution in [3.8, 4) is 5.75 Å². The molecule has 0 bridgehead atoms. The Morgan fingerprint density at radius 3 is 3.13 bits per heavy atom. The Bertz CT molecular complexity index is 738. The first-order valence-corrected chi connectivity index (χ1v) is 8.18. The predicted molar refractivity (Wildman–Crippen MR) is 84.3 cm³/mol. The standard InChI is InChI=1S/C18H20N2O3/c1-12-9-17(23-19-12)15-3-2-7-20(15)18(21)11-13-4-5-16-14(10-13)6-8-22-16/h4-5,9-10,15H,2-3,6-8,11H2,1H3/t15-/m1/s1. The predicted octanol–water partition coefficient (Wildman–Crippen LogP) is 2.82. The molecule has 4 rings (SSSR count). The molecule has 5 heteroatoms. The lowest BCUT2D eigenvalue weighted by atomic mass is 10.1. The summed E-state index contributed by atoms with van der Waals surface area (Å²) in [4.78, 5) is 14.7. The highest BCUT2D eigenvalue weighted by Crippen LogP contribution is 2.33. The van der Waals surface area contributed by atoms with Crippen molar-refractivity contribution in [3.05, 3.63) is 46.8 Å². The number of ether oxygens (including phenoxy) is 1. The number of rotatable bonds is 3. The summed E-state index contributed by atoms with van der Waals surface area (Å²) in [5, 5.41) is 3.95. The van der Waals surface area contributed by atoms with Crippen LogP contribution < -0.4 is 4.74 Å². The highest BCUT2D eigenvalue weighted by molar-refractivity contribution is 5.79. The van der Waals surface area contributed by atoms with E-state index in [4.69, 9.17) is 9.26 Å². The van der Waals surface area contributed by atoms with Crippen LogP contribution in [0.15, 0.2) is 28.8 Å². The summed E-state index contributed by atoms with van der Waals surface area (Å²) < 4.78 is 10.9. The Labute approximate surface area is 135 Å². The van der Waals surface area contributed by atoms with E-state index in [0.29, 0.717) is 6.42 Å². The largest absolute Gasteiger partial charge is 0.493 e. The van der Waals surface area contributed by atoms with Gasteiger partial charge in [-0.15, -0.1) is 0 Å². The average Bonchev–Trinajstić information content (AvgIpc) is 3.26. The van der Waals surface area contributed by atoms with Gasteiger partial charge < -0.3 is 14.2 Å². The molecule has 0 spiro atoms. The van der Waals surface area contributed by atoms with Gasteiger partial charge in [0, 0.05) is 19.0 Å². The van der Waals surface area contributed by atoms with Crippen LogP contribution in [-0.4, -0.2) is 29.1 Å². The van der Waals surface area contributed by atoms with Gasteiger partial charge in [0.05, 0.1) is 24.8 Å². The van der Waals surface area contributed by atoms with Gasteiger partial charge in [-0.3, -0.25) is 4.79 Å². The lowest BCUT2D eigenvalue weighted by Gasteiger charge is -2.22. The third-order valence-electron chi connectivity index (χ3n) is 4.66. The van der Waals surface area contributed by atoms with Crippen molar-refractivity contribution >= 4 is 5.91 Å². The Balaban J connectivity index is 1.50. The van der Waals surface area contributed by atoms with Crippen molar-refractivity contribution in [2.24, 2.45) is 0 Å². The lowest BCUT2D eigenvalue weighted by molar-refractivity contribution is -0.131. The fourth-order valence-corrected chi connectivity index (χ4v) is 3.53. The zero-order valence-electron chi connectivity index (χ0n) is 13.2. The Morgan fingerprint density at radius 1 is 1.39 bits per heavy atom. The molecule has 1 aromatic heterocycles. The molecule has 0 aliphatic carbocycles. The van der Waals surface area contributed by atoms with Gasteiger partial charge in [0.25, 0.3) is 0 Å². The first-order chi connectivity index (χ1) is 11.2. The number of benzene rings is 1. The van der Waals surface area contributed by atoms with Crippen LogP contribution in [0.3, 0.4) is 0 Å². The van der Waals surface area contributed by atoms with Gasteiger partial charge in [0.15, 0.2) is 5.76 Å². The summed E-state index contributed by atoms with van der Waals surface area (Å²) in [6, 6.07) is 8.03. The Morgan fingerprint density at radius 2 is 2.30 bits per heavy atom. The maximum absolute atomic E-state index is 12.7. The van der Waals surface area contributed by atoms with Gasteiger partial charge in [-0.1, -0.05) is 17.3 Å². The quantitative estimate of drug-likeness (QED) is 0.874. The maximum Gasteiger partial charge on any atom is 0.227 e. The first kappa shape index (κ1) is 14.3. The second-order valence-electron chi connectivity index (χ2n) is 6.33. The number of likely N-dealkylation sites (tertiary alicyclic amines) is 1. The van der Waals surface area contributed by atoms with E-state index in [-0.39, 0.29) is 11.9 Å². The molecule has 23 heavy (non-hydrogen) atoms. The second-order valence-corrected chi connectivity index (χ2v) is 6.33. The van der Waals surface area contributed by atoms with E-state index in [1.54, 1.807) is 0 Å². The molecule has 120 valence electrons. The van der Waals surface area contributed by atoms with Gasteiger partial charge in [-0.05, 0) is 37.0 Å². The smallest absolute Gasteiger partial charge is 0.227 e. The van der Waals surface area contributed by atoms with E-state index in [1.807, 2.05) is 30.0 Å². The van der Waals surface area contributed by atoms with Gasteiger partial charge >= 0.3 is 0 Å². The van der Waals surface area contributed by atoms with E-state index in [9.17, 15) is 4.79 Å². The van der Waals surface area contributed by atoms with Gasteiger partial charge in [-0.25, -0.2) is 0 Å². The average molecular weight is 312 g/mol. The number of amides is 1. The summed E-state index contributed by atoms with van der Waals surface area (Å²) in [7, 11) is 0. The normalized spacial score (nSPS) is 19.7. The topological polar surface area (TPSA) is 55.6 Å². The summed E-state index contributed by atoms with van der Waals surface area (Å²) in [6.07, 6.45) is 3.31. The van der Waals surface area contributed by atoms with Crippen molar-refractivity contribution in [1.29, 1.82) is 0 Å². The number of nitrogens with zero attached hydrogens (tertiary/aromatic N) is 2. The number of fused-ring (bicyclic) bond motifs is 1. The number of carbonyl (C=O) groups is 1. The summed E-state index contributed by atoms with van der Waals surface area (Å²) in [6.45, 7) is 3.43. The van der Waals surface area contributed by atoms with Crippen LogP contribution in [0.25, 0.3) is 0 Å². The van der Waals surface area contributed by atoms with Crippen LogP contribution in [0.4, 0.5) is 0 Å². The molecule has 1 saturated heterocycles. The van der Waals surface area contributed by atoms with Gasteiger partial charge in [0.2, 0.25) is 5.91 Å².